The lowest BCUT2D eigenvalue weighted by molar-refractivity contribution is 0.0949. The number of nitrogens with one attached hydrogen (secondary N) is 1. The maximum Gasteiger partial charge on any atom is 0.251 e. The molecule has 0 atom stereocenters. The number of pyridine rings is 2. The third-order valence-electron chi connectivity index (χ3n) is 3.98. The molecule has 0 radical (unpaired) electrons. The molecule has 2 aromatic heterocycles. The van der Waals surface area contributed by atoms with Crippen LogP contribution in [0.5, 0.6) is 11.8 Å². The second kappa shape index (κ2) is 9.15. The number of rotatable bonds is 10. The minimum absolute atomic E-state index is 0.199. The maximum absolute atomic E-state index is 12.4. The van der Waals surface area contributed by atoms with E-state index in [0.717, 1.165) is 5.56 Å². The summed E-state index contributed by atoms with van der Waals surface area (Å²) in [5, 5.41) is 2.88. The van der Waals surface area contributed by atoms with Crippen LogP contribution in [0, 0.1) is 5.92 Å². The number of carbonyl (C=O) groups is 1. The molecule has 0 aromatic carbocycles. The first-order valence-electron chi connectivity index (χ1n) is 8.69. The lowest BCUT2D eigenvalue weighted by Gasteiger charge is -2.11. The third-order valence-corrected chi connectivity index (χ3v) is 3.98. The van der Waals surface area contributed by atoms with Gasteiger partial charge in [0.25, 0.3) is 5.91 Å². The zero-order chi connectivity index (χ0) is 18.2. The Kier molecular flexibility index (Phi) is 6.38. The Morgan fingerprint density at radius 1 is 1.19 bits per heavy atom. The Labute approximate surface area is 152 Å². The van der Waals surface area contributed by atoms with Crippen LogP contribution in [0.3, 0.4) is 0 Å². The van der Waals surface area contributed by atoms with Crippen LogP contribution in [0.15, 0.2) is 36.7 Å². The van der Waals surface area contributed by atoms with Gasteiger partial charge in [0.1, 0.15) is 6.61 Å². The van der Waals surface area contributed by atoms with Gasteiger partial charge in [0.05, 0.1) is 13.2 Å². The lowest BCUT2D eigenvalue weighted by Crippen LogP contribution is -2.23. The van der Waals surface area contributed by atoms with Gasteiger partial charge in [-0.3, -0.25) is 4.79 Å². The largest absolute Gasteiger partial charge is 0.477 e. The highest BCUT2D eigenvalue weighted by Crippen LogP contribution is 2.29. The highest BCUT2D eigenvalue weighted by Gasteiger charge is 2.22. The van der Waals surface area contributed by atoms with E-state index in [1.165, 1.54) is 12.8 Å². The van der Waals surface area contributed by atoms with E-state index in [0.29, 0.717) is 49.6 Å². The van der Waals surface area contributed by atoms with Gasteiger partial charge in [0.15, 0.2) is 0 Å². The number of carbonyl (C=O) groups excluding carboxylic acids is 1. The molecule has 3 rings (SSSR count). The highest BCUT2D eigenvalue weighted by atomic mass is 16.5. The zero-order valence-electron chi connectivity index (χ0n) is 14.8. The summed E-state index contributed by atoms with van der Waals surface area (Å²) in [6.07, 6.45) is 5.65. The predicted molar refractivity (Wildman–Crippen MR) is 95.2 cm³/mol. The van der Waals surface area contributed by atoms with Crippen LogP contribution < -0.4 is 14.8 Å². The molecule has 0 bridgehead atoms. The second-order valence-electron chi connectivity index (χ2n) is 6.13. The first kappa shape index (κ1) is 18.1. The summed E-state index contributed by atoms with van der Waals surface area (Å²) < 4.78 is 16.2. The molecule has 0 spiro atoms. The summed E-state index contributed by atoms with van der Waals surface area (Å²) in [7, 11) is 1.61. The Hall–Kier alpha value is -2.67. The molecule has 26 heavy (non-hydrogen) atoms. The molecule has 0 aliphatic heterocycles. The normalized spacial score (nSPS) is 13.3. The van der Waals surface area contributed by atoms with Gasteiger partial charge in [0, 0.05) is 43.2 Å². The van der Waals surface area contributed by atoms with Crippen LogP contribution in [0.25, 0.3) is 0 Å². The Bertz CT molecular complexity index is 734. The average molecular weight is 357 g/mol. The van der Waals surface area contributed by atoms with Crippen molar-refractivity contribution < 1.29 is 19.0 Å². The first-order valence-corrected chi connectivity index (χ1v) is 8.69. The number of amides is 1. The van der Waals surface area contributed by atoms with Crippen molar-refractivity contribution in [3.63, 3.8) is 0 Å². The van der Waals surface area contributed by atoms with Gasteiger partial charge in [-0.05, 0) is 30.9 Å². The monoisotopic (exact) mass is 357 g/mol. The van der Waals surface area contributed by atoms with Crippen LogP contribution in [-0.4, -0.2) is 42.8 Å². The molecule has 7 heteroatoms. The van der Waals surface area contributed by atoms with Gasteiger partial charge in [-0.25, -0.2) is 9.97 Å². The van der Waals surface area contributed by atoms with Crippen LogP contribution in [0.2, 0.25) is 0 Å². The second-order valence-corrected chi connectivity index (χ2v) is 6.13. The maximum atomic E-state index is 12.4. The number of methoxy groups -OCH3 is 1. The Balaban J connectivity index is 1.55. The smallest absolute Gasteiger partial charge is 0.251 e. The van der Waals surface area contributed by atoms with Crippen molar-refractivity contribution >= 4 is 5.91 Å². The molecule has 1 saturated carbocycles. The molecule has 1 aliphatic rings. The summed E-state index contributed by atoms with van der Waals surface area (Å²) in [6.45, 7) is 1.86. The molecule has 138 valence electrons. The Morgan fingerprint density at radius 2 is 2.08 bits per heavy atom. The SMILES string of the molecule is COCCOc1ncccc1CNC(=O)c1ccnc(OCC2CC2)c1. The molecule has 2 heterocycles. The molecule has 1 amide bonds. The zero-order valence-corrected chi connectivity index (χ0v) is 14.8. The number of aromatic nitrogens is 2. The first-order chi connectivity index (χ1) is 12.8. The fraction of sp³-hybridized carbons (Fsp3) is 0.421. The molecular formula is C19H23N3O4. The molecule has 1 fully saturated rings. The van der Waals surface area contributed by atoms with Crippen molar-refractivity contribution in [2.75, 3.05) is 26.9 Å². The highest BCUT2D eigenvalue weighted by molar-refractivity contribution is 5.94. The van der Waals surface area contributed by atoms with Gasteiger partial charge in [-0.1, -0.05) is 6.07 Å². The minimum Gasteiger partial charge on any atom is -0.477 e. The van der Waals surface area contributed by atoms with Gasteiger partial charge >= 0.3 is 0 Å². The lowest BCUT2D eigenvalue weighted by atomic mass is 10.2. The topological polar surface area (TPSA) is 82.6 Å². The quantitative estimate of drug-likeness (QED) is 0.657. The number of nitrogens with zero attached hydrogens (tertiary/aromatic N) is 2. The molecule has 0 saturated heterocycles. The van der Waals surface area contributed by atoms with Crippen molar-refractivity contribution in [2.24, 2.45) is 5.92 Å². The Morgan fingerprint density at radius 3 is 2.88 bits per heavy atom. The average Bonchev–Trinajstić information content (AvgIpc) is 3.50. The van der Waals surface area contributed by atoms with Crippen LogP contribution in [0.4, 0.5) is 0 Å². The van der Waals surface area contributed by atoms with E-state index in [1.54, 1.807) is 37.7 Å². The summed E-state index contributed by atoms with van der Waals surface area (Å²) in [6, 6.07) is 7.00. The predicted octanol–water partition coefficient (Wildman–Crippen LogP) is 2.22. The number of ether oxygens (including phenoxy) is 3. The van der Waals surface area contributed by atoms with Crippen molar-refractivity contribution in [1.82, 2.24) is 15.3 Å². The van der Waals surface area contributed by atoms with E-state index in [1.807, 2.05) is 6.07 Å². The summed E-state index contributed by atoms with van der Waals surface area (Å²) in [5.41, 5.74) is 1.31. The van der Waals surface area contributed by atoms with E-state index in [4.69, 9.17) is 14.2 Å². The van der Waals surface area contributed by atoms with Crippen LogP contribution in [0.1, 0.15) is 28.8 Å². The molecule has 2 aromatic rings. The van der Waals surface area contributed by atoms with Gasteiger partial charge in [-0.2, -0.15) is 0 Å². The molecule has 0 unspecified atom stereocenters. The fourth-order valence-corrected chi connectivity index (χ4v) is 2.31. The number of hydrogen-bond donors (Lipinski definition) is 1. The minimum atomic E-state index is -0.199. The van der Waals surface area contributed by atoms with Gasteiger partial charge < -0.3 is 19.5 Å². The summed E-state index contributed by atoms with van der Waals surface area (Å²) in [5.74, 6) is 1.41. The van der Waals surface area contributed by atoms with E-state index in [2.05, 4.69) is 15.3 Å². The van der Waals surface area contributed by atoms with Gasteiger partial charge in [0.2, 0.25) is 11.8 Å². The summed E-state index contributed by atoms with van der Waals surface area (Å²) in [4.78, 5) is 20.8. The van der Waals surface area contributed by atoms with Crippen LogP contribution >= 0.6 is 0 Å². The molecular weight excluding hydrogens is 334 g/mol. The van der Waals surface area contributed by atoms with E-state index in [-0.39, 0.29) is 5.91 Å². The standard InChI is InChI=1S/C19H23N3O4/c1-24-9-10-25-19-16(3-2-7-21-19)12-22-18(23)15-6-8-20-17(11-15)26-13-14-4-5-14/h2-3,6-8,11,14H,4-5,9-10,12-13H2,1H3,(H,22,23). The molecule has 7 nitrogen and oxygen atoms in total. The fourth-order valence-electron chi connectivity index (χ4n) is 2.31. The van der Waals surface area contributed by atoms with E-state index in [9.17, 15) is 4.79 Å². The van der Waals surface area contributed by atoms with Crippen molar-refractivity contribution in [1.29, 1.82) is 0 Å². The molecule has 1 aliphatic carbocycles. The third kappa shape index (κ3) is 5.42. The van der Waals surface area contributed by atoms with Crippen molar-refractivity contribution in [3.05, 3.63) is 47.8 Å². The van der Waals surface area contributed by atoms with Crippen LogP contribution in [-0.2, 0) is 11.3 Å². The van der Waals surface area contributed by atoms with Crippen molar-refractivity contribution in [3.8, 4) is 11.8 Å². The van der Waals surface area contributed by atoms with Gasteiger partial charge in [-0.15, -0.1) is 0 Å². The van der Waals surface area contributed by atoms with Crippen molar-refractivity contribution in [2.45, 2.75) is 19.4 Å². The summed E-state index contributed by atoms with van der Waals surface area (Å²) >= 11 is 0. The van der Waals surface area contributed by atoms with E-state index >= 15 is 0 Å². The molecule has 1 N–H and O–H groups in total. The number of hydrogen-bond acceptors (Lipinski definition) is 6. The van der Waals surface area contributed by atoms with E-state index < -0.39 is 0 Å².